The Morgan fingerprint density at radius 3 is 2.85 bits per heavy atom. The van der Waals surface area contributed by atoms with Crippen LogP contribution in [0.15, 0.2) is 29.6 Å². The first-order chi connectivity index (χ1) is 9.53. The zero-order valence-corrected chi connectivity index (χ0v) is 12.3. The van der Waals surface area contributed by atoms with E-state index in [9.17, 15) is 8.42 Å². The van der Waals surface area contributed by atoms with Gasteiger partial charge in [0.1, 0.15) is 0 Å². The lowest BCUT2D eigenvalue weighted by Crippen LogP contribution is -2.26. The fourth-order valence-corrected chi connectivity index (χ4v) is 3.05. The molecule has 0 aliphatic heterocycles. The largest absolute Gasteiger partial charge is 0.363 e. The molecule has 0 fully saturated rings. The van der Waals surface area contributed by atoms with Gasteiger partial charge in [0.05, 0.1) is 11.1 Å². The third kappa shape index (κ3) is 3.47. The molecule has 7 nitrogen and oxygen atoms in total. The molecule has 110 valence electrons. The second kappa shape index (κ2) is 6.21. The van der Waals surface area contributed by atoms with Crippen LogP contribution in [0, 0.1) is 0 Å². The van der Waals surface area contributed by atoms with E-state index in [0.29, 0.717) is 6.54 Å². The minimum absolute atomic E-state index is 0.237. The predicted octanol–water partition coefficient (Wildman–Crippen LogP) is 0.887. The van der Waals surface area contributed by atoms with Crippen LogP contribution in [0.2, 0.25) is 0 Å². The van der Waals surface area contributed by atoms with Gasteiger partial charge in [-0.1, -0.05) is 6.92 Å². The van der Waals surface area contributed by atoms with Gasteiger partial charge in [-0.15, -0.1) is 0 Å². The highest BCUT2D eigenvalue weighted by molar-refractivity contribution is 7.89. The van der Waals surface area contributed by atoms with E-state index in [4.69, 9.17) is 0 Å². The van der Waals surface area contributed by atoms with Gasteiger partial charge < -0.3 is 10.3 Å². The second-order valence-corrected chi connectivity index (χ2v) is 6.23. The topological polar surface area (TPSA) is 103 Å². The maximum Gasteiger partial charge on any atom is 0.242 e. The minimum Gasteiger partial charge on any atom is -0.363 e. The molecule has 0 bridgehead atoms. The van der Waals surface area contributed by atoms with Crippen molar-refractivity contribution in [3.8, 4) is 0 Å². The Hall–Kier alpha value is -1.64. The maximum absolute atomic E-state index is 12.2. The number of sulfonamides is 1. The van der Waals surface area contributed by atoms with E-state index in [1.807, 2.05) is 6.92 Å². The summed E-state index contributed by atoms with van der Waals surface area (Å²) in [7, 11) is -3.54. The molecule has 0 saturated carbocycles. The molecule has 1 atom stereocenters. The van der Waals surface area contributed by atoms with Crippen molar-refractivity contribution in [3.05, 3.63) is 35.9 Å². The average molecular weight is 297 g/mol. The molecule has 0 radical (unpaired) electrons. The molecular formula is C12H19N5O2S. The lowest BCUT2D eigenvalue weighted by Gasteiger charge is -2.11. The Morgan fingerprint density at radius 1 is 1.40 bits per heavy atom. The van der Waals surface area contributed by atoms with E-state index >= 15 is 0 Å². The third-order valence-electron chi connectivity index (χ3n) is 2.94. The first-order valence-corrected chi connectivity index (χ1v) is 7.90. The SMILES string of the molecule is CCNCc1cc(S(=O)(=O)NC(C)c2cn[nH]c2)c[nH]1. The first kappa shape index (κ1) is 14.8. The zero-order chi connectivity index (χ0) is 14.6. The first-order valence-electron chi connectivity index (χ1n) is 6.42. The summed E-state index contributed by atoms with van der Waals surface area (Å²) in [5, 5.41) is 9.61. The van der Waals surface area contributed by atoms with Crippen LogP contribution in [-0.4, -0.2) is 30.1 Å². The zero-order valence-electron chi connectivity index (χ0n) is 11.5. The molecule has 0 spiro atoms. The van der Waals surface area contributed by atoms with Crippen LogP contribution >= 0.6 is 0 Å². The van der Waals surface area contributed by atoms with Crippen LogP contribution < -0.4 is 10.0 Å². The summed E-state index contributed by atoms with van der Waals surface area (Å²) < 4.78 is 27.1. The minimum atomic E-state index is -3.54. The Balaban J connectivity index is 2.08. The van der Waals surface area contributed by atoms with E-state index in [1.54, 1.807) is 25.4 Å². The Labute approximate surface area is 118 Å². The van der Waals surface area contributed by atoms with Gasteiger partial charge in [-0.05, 0) is 19.5 Å². The summed E-state index contributed by atoms with van der Waals surface area (Å²) >= 11 is 0. The Kier molecular flexibility index (Phi) is 4.58. The highest BCUT2D eigenvalue weighted by Crippen LogP contribution is 2.16. The van der Waals surface area contributed by atoms with Crippen molar-refractivity contribution >= 4 is 10.0 Å². The van der Waals surface area contributed by atoms with Gasteiger partial charge in [0.15, 0.2) is 0 Å². The highest BCUT2D eigenvalue weighted by Gasteiger charge is 2.20. The quantitative estimate of drug-likeness (QED) is 0.609. The molecule has 0 saturated heterocycles. The molecule has 0 amide bonds. The van der Waals surface area contributed by atoms with Gasteiger partial charge in [0.25, 0.3) is 0 Å². The van der Waals surface area contributed by atoms with Gasteiger partial charge in [-0.3, -0.25) is 5.10 Å². The lowest BCUT2D eigenvalue weighted by molar-refractivity contribution is 0.567. The fourth-order valence-electron chi connectivity index (χ4n) is 1.80. The molecule has 2 aromatic rings. The van der Waals surface area contributed by atoms with Crippen LogP contribution in [0.1, 0.15) is 31.1 Å². The van der Waals surface area contributed by atoms with Crippen molar-refractivity contribution in [1.29, 1.82) is 0 Å². The summed E-state index contributed by atoms with van der Waals surface area (Å²) in [5.41, 5.74) is 1.63. The summed E-state index contributed by atoms with van der Waals surface area (Å²) in [4.78, 5) is 3.19. The number of H-pyrrole nitrogens is 2. The molecule has 2 aromatic heterocycles. The molecule has 0 aromatic carbocycles. The molecular weight excluding hydrogens is 278 g/mol. The number of nitrogens with one attached hydrogen (secondary N) is 4. The number of aromatic nitrogens is 3. The summed E-state index contributed by atoms with van der Waals surface area (Å²) in [6, 6.07) is 1.29. The van der Waals surface area contributed by atoms with Crippen LogP contribution in [0.4, 0.5) is 0 Å². The van der Waals surface area contributed by atoms with E-state index in [0.717, 1.165) is 17.8 Å². The van der Waals surface area contributed by atoms with Gasteiger partial charge in [-0.25, -0.2) is 13.1 Å². The van der Waals surface area contributed by atoms with E-state index in [1.165, 1.54) is 6.20 Å². The van der Waals surface area contributed by atoms with Crippen LogP contribution in [0.5, 0.6) is 0 Å². The highest BCUT2D eigenvalue weighted by atomic mass is 32.2. The molecule has 1 unspecified atom stereocenters. The Bertz CT molecular complexity index is 633. The van der Waals surface area contributed by atoms with Crippen molar-refractivity contribution < 1.29 is 8.42 Å². The average Bonchev–Trinajstić information content (AvgIpc) is 3.07. The number of hydrogen-bond donors (Lipinski definition) is 4. The second-order valence-electron chi connectivity index (χ2n) is 4.52. The molecule has 0 aliphatic carbocycles. The Morgan fingerprint density at radius 2 is 2.20 bits per heavy atom. The third-order valence-corrected chi connectivity index (χ3v) is 4.46. The molecule has 20 heavy (non-hydrogen) atoms. The monoisotopic (exact) mass is 297 g/mol. The molecule has 8 heteroatoms. The van der Waals surface area contributed by atoms with Crippen molar-refractivity contribution in [2.24, 2.45) is 0 Å². The van der Waals surface area contributed by atoms with Gasteiger partial charge >= 0.3 is 0 Å². The standard InChI is InChI=1S/C12H19N5O2S/c1-3-13-7-11-4-12(8-14-11)20(18,19)17-9(2)10-5-15-16-6-10/h4-6,8-9,13-14,17H,3,7H2,1-2H3,(H,15,16). The lowest BCUT2D eigenvalue weighted by atomic mass is 10.2. The number of hydrogen-bond acceptors (Lipinski definition) is 4. The van der Waals surface area contributed by atoms with E-state index < -0.39 is 10.0 Å². The molecule has 4 N–H and O–H groups in total. The van der Waals surface area contributed by atoms with E-state index in [-0.39, 0.29) is 10.9 Å². The van der Waals surface area contributed by atoms with E-state index in [2.05, 4.69) is 25.2 Å². The fraction of sp³-hybridized carbons (Fsp3) is 0.417. The summed E-state index contributed by atoms with van der Waals surface area (Å²) in [5.74, 6) is 0. The summed E-state index contributed by atoms with van der Waals surface area (Å²) in [6.07, 6.45) is 4.76. The number of aromatic amines is 2. The van der Waals surface area contributed by atoms with Crippen LogP contribution in [0.3, 0.4) is 0 Å². The number of nitrogens with zero attached hydrogens (tertiary/aromatic N) is 1. The van der Waals surface area contributed by atoms with Gasteiger partial charge in [0.2, 0.25) is 10.0 Å². The smallest absolute Gasteiger partial charge is 0.242 e. The van der Waals surface area contributed by atoms with Crippen LogP contribution in [-0.2, 0) is 16.6 Å². The summed E-state index contributed by atoms with van der Waals surface area (Å²) in [6.45, 7) is 5.21. The van der Waals surface area contributed by atoms with Gasteiger partial charge in [0, 0.05) is 36.2 Å². The molecule has 0 aliphatic rings. The number of rotatable bonds is 7. The predicted molar refractivity (Wildman–Crippen MR) is 75.5 cm³/mol. The normalized spacial score (nSPS) is 13.5. The van der Waals surface area contributed by atoms with Crippen molar-refractivity contribution in [2.45, 2.75) is 31.3 Å². The van der Waals surface area contributed by atoms with Crippen molar-refractivity contribution in [1.82, 2.24) is 25.2 Å². The van der Waals surface area contributed by atoms with Crippen LogP contribution in [0.25, 0.3) is 0 Å². The van der Waals surface area contributed by atoms with Gasteiger partial charge in [-0.2, -0.15) is 5.10 Å². The maximum atomic E-state index is 12.2. The van der Waals surface area contributed by atoms with Crippen molar-refractivity contribution in [3.63, 3.8) is 0 Å². The van der Waals surface area contributed by atoms with Crippen molar-refractivity contribution in [2.75, 3.05) is 6.54 Å². The molecule has 2 rings (SSSR count). The molecule has 2 heterocycles.